The number of hydrogen-bond acceptors (Lipinski definition) is 3. The minimum atomic E-state index is -4.56. The highest BCUT2D eigenvalue weighted by Crippen LogP contribution is 2.33. The zero-order valence-electron chi connectivity index (χ0n) is 12.6. The van der Waals surface area contributed by atoms with E-state index in [9.17, 15) is 21.6 Å². The van der Waals surface area contributed by atoms with Crippen LogP contribution in [0.1, 0.15) is 24.5 Å². The molecule has 1 aromatic carbocycles. The number of nitrogens with zero attached hydrogens (tertiary/aromatic N) is 1. The highest BCUT2D eigenvalue weighted by Gasteiger charge is 2.37. The summed E-state index contributed by atoms with van der Waals surface area (Å²) in [7, 11) is -3.78. The van der Waals surface area contributed by atoms with Gasteiger partial charge in [-0.2, -0.15) is 13.2 Å². The minimum Gasteiger partial charge on any atom is -0.328 e. The Balaban J connectivity index is 0.00000264. The predicted molar refractivity (Wildman–Crippen MR) is 84.6 cm³/mol. The number of rotatable bonds is 4. The molecular weight excluding hydrogens is 353 g/mol. The van der Waals surface area contributed by atoms with Crippen molar-refractivity contribution in [2.75, 3.05) is 13.1 Å². The van der Waals surface area contributed by atoms with E-state index in [1.807, 2.05) is 0 Å². The SMILES string of the molecule is CC(N)C1CCN(S(=O)(=O)Cc2ccccc2C(F)(F)F)C1.Cl. The van der Waals surface area contributed by atoms with Crippen LogP contribution in [0.15, 0.2) is 24.3 Å². The summed E-state index contributed by atoms with van der Waals surface area (Å²) in [6, 6.07) is 4.64. The van der Waals surface area contributed by atoms with Crippen LogP contribution in [0, 0.1) is 5.92 Å². The second-order valence-corrected chi connectivity index (χ2v) is 7.65. The van der Waals surface area contributed by atoms with Crippen molar-refractivity contribution in [3.63, 3.8) is 0 Å². The number of benzene rings is 1. The van der Waals surface area contributed by atoms with E-state index in [0.717, 1.165) is 6.07 Å². The molecule has 2 rings (SSSR count). The van der Waals surface area contributed by atoms with Gasteiger partial charge in [-0.1, -0.05) is 18.2 Å². The van der Waals surface area contributed by atoms with Crippen molar-refractivity contribution < 1.29 is 21.6 Å². The average molecular weight is 373 g/mol. The van der Waals surface area contributed by atoms with Crippen LogP contribution in [0.4, 0.5) is 13.2 Å². The average Bonchev–Trinajstić information content (AvgIpc) is 2.88. The molecule has 0 aromatic heterocycles. The van der Waals surface area contributed by atoms with E-state index in [2.05, 4.69) is 0 Å². The van der Waals surface area contributed by atoms with Crippen LogP contribution in [-0.4, -0.2) is 31.9 Å². The largest absolute Gasteiger partial charge is 0.416 e. The fourth-order valence-electron chi connectivity index (χ4n) is 2.65. The summed E-state index contributed by atoms with van der Waals surface area (Å²) >= 11 is 0. The highest BCUT2D eigenvalue weighted by molar-refractivity contribution is 7.88. The Labute approximate surface area is 140 Å². The summed E-state index contributed by atoms with van der Waals surface area (Å²) < 4.78 is 64.8. The molecule has 9 heteroatoms. The molecule has 1 fully saturated rings. The smallest absolute Gasteiger partial charge is 0.328 e. The van der Waals surface area contributed by atoms with E-state index in [4.69, 9.17) is 5.73 Å². The second kappa shape index (κ2) is 7.38. The van der Waals surface area contributed by atoms with Gasteiger partial charge in [0.05, 0.1) is 11.3 Å². The molecule has 2 unspecified atom stereocenters. The van der Waals surface area contributed by atoms with E-state index >= 15 is 0 Å². The lowest BCUT2D eigenvalue weighted by atomic mass is 10.0. The maximum atomic E-state index is 12.9. The third-order valence-electron chi connectivity index (χ3n) is 3.99. The Kier molecular flexibility index (Phi) is 6.48. The molecule has 0 radical (unpaired) electrons. The van der Waals surface area contributed by atoms with Crippen molar-refractivity contribution in [1.29, 1.82) is 0 Å². The first-order valence-corrected chi connectivity index (χ1v) is 8.60. The van der Waals surface area contributed by atoms with Gasteiger partial charge in [-0.15, -0.1) is 12.4 Å². The summed E-state index contributed by atoms with van der Waals surface area (Å²) in [5.74, 6) is -0.596. The molecule has 132 valence electrons. The van der Waals surface area contributed by atoms with Crippen LogP contribution in [0.25, 0.3) is 0 Å². The molecule has 1 aliphatic heterocycles. The summed E-state index contributed by atoms with van der Waals surface area (Å²) in [4.78, 5) is 0. The van der Waals surface area contributed by atoms with Gasteiger partial charge in [0.15, 0.2) is 0 Å². The van der Waals surface area contributed by atoms with Crippen molar-refractivity contribution in [3.8, 4) is 0 Å². The summed E-state index contributed by atoms with van der Waals surface area (Å²) in [6.45, 7) is 2.39. The molecule has 1 aliphatic rings. The van der Waals surface area contributed by atoms with Gasteiger partial charge < -0.3 is 5.73 Å². The molecule has 0 spiro atoms. The van der Waals surface area contributed by atoms with E-state index in [-0.39, 0.29) is 36.5 Å². The number of alkyl halides is 3. The Morgan fingerprint density at radius 2 is 1.96 bits per heavy atom. The third kappa shape index (κ3) is 4.82. The minimum absolute atomic E-state index is 0. The topological polar surface area (TPSA) is 63.4 Å². The first-order valence-electron chi connectivity index (χ1n) is 7.00. The van der Waals surface area contributed by atoms with Crippen LogP contribution in [-0.2, 0) is 22.0 Å². The van der Waals surface area contributed by atoms with Crippen molar-refractivity contribution in [3.05, 3.63) is 35.4 Å². The summed E-state index contributed by atoms with van der Waals surface area (Å²) in [6.07, 6.45) is -3.93. The molecule has 1 aromatic rings. The van der Waals surface area contributed by atoms with Crippen LogP contribution >= 0.6 is 12.4 Å². The molecule has 2 N–H and O–H groups in total. The first kappa shape index (κ1) is 20.2. The van der Waals surface area contributed by atoms with Gasteiger partial charge in [-0.25, -0.2) is 12.7 Å². The van der Waals surface area contributed by atoms with Crippen LogP contribution in [0.5, 0.6) is 0 Å². The zero-order chi connectivity index (χ0) is 16.5. The lowest BCUT2D eigenvalue weighted by Gasteiger charge is -2.19. The van der Waals surface area contributed by atoms with Gasteiger partial charge in [-0.3, -0.25) is 0 Å². The number of nitrogens with two attached hydrogens (primary N) is 1. The molecule has 0 saturated carbocycles. The Morgan fingerprint density at radius 3 is 2.48 bits per heavy atom. The van der Waals surface area contributed by atoms with Crippen LogP contribution in [0.2, 0.25) is 0 Å². The predicted octanol–water partition coefficient (Wildman–Crippen LogP) is 2.63. The number of halogens is 4. The van der Waals surface area contributed by atoms with E-state index in [0.29, 0.717) is 13.0 Å². The quantitative estimate of drug-likeness (QED) is 0.883. The van der Waals surface area contributed by atoms with Crippen LogP contribution < -0.4 is 5.73 Å². The second-order valence-electron chi connectivity index (χ2n) is 5.68. The molecule has 1 saturated heterocycles. The first-order chi connectivity index (χ1) is 10.1. The van der Waals surface area contributed by atoms with Crippen molar-refractivity contribution >= 4 is 22.4 Å². The van der Waals surface area contributed by atoms with Gasteiger partial charge in [0.2, 0.25) is 10.0 Å². The van der Waals surface area contributed by atoms with Gasteiger partial charge in [0.1, 0.15) is 0 Å². The fraction of sp³-hybridized carbons (Fsp3) is 0.571. The normalized spacial score (nSPS) is 21.0. The van der Waals surface area contributed by atoms with Crippen molar-refractivity contribution in [1.82, 2.24) is 4.31 Å². The molecule has 0 aliphatic carbocycles. The lowest BCUT2D eigenvalue weighted by Crippen LogP contribution is -2.34. The standard InChI is InChI=1S/C14H19F3N2O2S.ClH/c1-10(18)11-6-7-19(8-11)22(20,21)9-12-4-2-3-5-13(12)14(15,16)17;/h2-5,10-11H,6-9,18H2,1H3;1H. The number of sulfonamides is 1. The van der Waals surface area contributed by atoms with Crippen LogP contribution in [0.3, 0.4) is 0 Å². The van der Waals surface area contributed by atoms with E-state index < -0.39 is 27.5 Å². The Morgan fingerprint density at radius 1 is 1.35 bits per heavy atom. The highest BCUT2D eigenvalue weighted by atomic mass is 35.5. The van der Waals surface area contributed by atoms with Gasteiger partial charge in [0.25, 0.3) is 0 Å². The van der Waals surface area contributed by atoms with E-state index in [1.165, 1.54) is 22.5 Å². The Bertz CT molecular complexity index is 635. The van der Waals surface area contributed by atoms with Crippen molar-refractivity contribution in [2.24, 2.45) is 11.7 Å². The number of hydrogen-bond donors (Lipinski definition) is 1. The summed E-state index contributed by atoms with van der Waals surface area (Å²) in [5.41, 5.74) is 4.64. The van der Waals surface area contributed by atoms with E-state index in [1.54, 1.807) is 6.92 Å². The van der Waals surface area contributed by atoms with Crippen molar-refractivity contribution in [2.45, 2.75) is 31.3 Å². The maximum absolute atomic E-state index is 12.9. The molecular formula is C14H20ClF3N2O2S. The molecule has 1 heterocycles. The molecule has 0 amide bonds. The summed E-state index contributed by atoms with van der Waals surface area (Å²) in [5, 5.41) is 0. The fourth-order valence-corrected chi connectivity index (χ4v) is 4.28. The molecule has 0 bridgehead atoms. The zero-order valence-corrected chi connectivity index (χ0v) is 14.2. The molecule has 23 heavy (non-hydrogen) atoms. The lowest BCUT2D eigenvalue weighted by molar-refractivity contribution is -0.138. The maximum Gasteiger partial charge on any atom is 0.416 e. The third-order valence-corrected chi connectivity index (χ3v) is 5.78. The van der Waals surface area contributed by atoms with Gasteiger partial charge in [0, 0.05) is 19.1 Å². The van der Waals surface area contributed by atoms with Gasteiger partial charge in [-0.05, 0) is 30.9 Å². The molecule has 2 atom stereocenters. The monoisotopic (exact) mass is 372 g/mol. The van der Waals surface area contributed by atoms with Gasteiger partial charge >= 0.3 is 6.18 Å². The molecule has 4 nitrogen and oxygen atoms in total. The Hall–Kier alpha value is -0.830.